The lowest BCUT2D eigenvalue weighted by molar-refractivity contribution is 0.176. The van der Waals surface area contributed by atoms with Gasteiger partial charge in [-0.2, -0.15) is 0 Å². The van der Waals surface area contributed by atoms with Crippen LogP contribution in [0.1, 0.15) is 0 Å². The average Bonchev–Trinajstić information content (AvgIpc) is 1.69. The summed E-state index contributed by atoms with van der Waals surface area (Å²) in [4.78, 5) is 0. The lowest BCUT2D eigenvalue weighted by atomic mass is 10.5. The predicted molar refractivity (Wildman–Crippen MR) is 26.3 cm³/mol. The Bertz CT molecular complexity index is 81.8. The van der Waals surface area contributed by atoms with E-state index in [1.165, 1.54) is 0 Å². The number of aliphatic hydroxyl groups excluding tert-OH is 1. The first-order valence-corrected chi connectivity index (χ1v) is 2.21. The summed E-state index contributed by atoms with van der Waals surface area (Å²) in [6, 6.07) is 0. The van der Waals surface area contributed by atoms with E-state index in [-0.39, 0.29) is 0 Å². The fraction of sp³-hybridized carbons (Fsp3) is 0.500. The van der Waals surface area contributed by atoms with Crippen LogP contribution in [0.2, 0.25) is 0 Å². The van der Waals surface area contributed by atoms with Crippen molar-refractivity contribution in [1.82, 2.24) is 10.6 Å². The van der Waals surface area contributed by atoms with E-state index in [0.717, 1.165) is 0 Å². The molecule has 3 nitrogen and oxygen atoms in total. The highest BCUT2D eigenvalue weighted by Crippen LogP contribution is 1.80. The van der Waals surface area contributed by atoms with Crippen molar-refractivity contribution in [2.24, 2.45) is 0 Å². The molecule has 0 aromatic rings. The van der Waals surface area contributed by atoms with Crippen molar-refractivity contribution in [3.8, 4) is 0 Å². The van der Waals surface area contributed by atoms with Crippen LogP contribution in [0.3, 0.4) is 0 Å². The summed E-state index contributed by atoms with van der Waals surface area (Å²) < 4.78 is 0. The summed E-state index contributed by atoms with van der Waals surface area (Å²) in [6.07, 6.45) is 2.91. The quantitative estimate of drug-likeness (QED) is 0.364. The van der Waals surface area contributed by atoms with Gasteiger partial charge in [-0.15, -0.1) is 0 Å². The molecule has 3 N–H and O–H groups in total. The van der Waals surface area contributed by atoms with Crippen molar-refractivity contribution in [3.63, 3.8) is 0 Å². The molecule has 0 aromatic heterocycles. The molecule has 1 rings (SSSR count). The van der Waals surface area contributed by atoms with Gasteiger partial charge in [-0.3, -0.25) is 5.32 Å². The number of aliphatic hydroxyl groups is 1. The van der Waals surface area contributed by atoms with Crippen LogP contribution in [-0.2, 0) is 0 Å². The summed E-state index contributed by atoms with van der Waals surface area (Å²) in [6.45, 7) is 0.650. The highest BCUT2D eigenvalue weighted by Gasteiger charge is 1.97. The first-order valence-electron chi connectivity index (χ1n) is 2.21. The van der Waals surface area contributed by atoms with E-state index >= 15 is 0 Å². The minimum atomic E-state index is -0.457. The molecular formula is C4H8N2O. The Labute approximate surface area is 42.0 Å². The molecule has 1 unspecified atom stereocenters. The zero-order chi connectivity index (χ0) is 5.11. The molecule has 0 saturated carbocycles. The molecule has 0 aliphatic carbocycles. The first-order chi connectivity index (χ1) is 3.39. The molecule has 7 heavy (non-hydrogen) atoms. The smallest absolute Gasteiger partial charge is 0.127 e. The molecular weight excluding hydrogens is 92.1 g/mol. The van der Waals surface area contributed by atoms with E-state index < -0.39 is 6.23 Å². The van der Waals surface area contributed by atoms with E-state index in [4.69, 9.17) is 5.11 Å². The van der Waals surface area contributed by atoms with Gasteiger partial charge in [-0.05, 0) is 12.3 Å². The maximum Gasteiger partial charge on any atom is 0.127 e. The van der Waals surface area contributed by atoms with Crippen LogP contribution in [0.15, 0.2) is 12.3 Å². The molecule has 0 aromatic carbocycles. The molecule has 0 radical (unpaired) electrons. The Balaban J connectivity index is 2.36. The van der Waals surface area contributed by atoms with Gasteiger partial charge < -0.3 is 10.4 Å². The standard InChI is InChI=1S/C4H8N2O/c7-4-1-2-5-3-6-4/h1-2,4-7H,3H2. The highest BCUT2D eigenvalue weighted by atomic mass is 16.3. The van der Waals surface area contributed by atoms with Crippen molar-refractivity contribution in [2.75, 3.05) is 6.67 Å². The zero-order valence-corrected chi connectivity index (χ0v) is 3.89. The fourth-order valence-electron chi connectivity index (χ4n) is 0.450. The molecule has 3 heteroatoms. The summed E-state index contributed by atoms with van der Waals surface area (Å²) in [5.41, 5.74) is 0. The maximum atomic E-state index is 8.67. The zero-order valence-electron chi connectivity index (χ0n) is 3.89. The highest BCUT2D eigenvalue weighted by molar-refractivity contribution is 4.88. The molecule has 1 heterocycles. The van der Waals surface area contributed by atoms with Gasteiger partial charge in [0.15, 0.2) is 0 Å². The Morgan fingerprint density at radius 3 is 2.86 bits per heavy atom. The predicted octanol–water partition coefficient (Wildman–Crippen LogP) is -1.03. The van der Waals surface area contributed by atoms with Crippen molar-refractivity contribution in [2.45, 2.75) is 6.23 Å². The fourth-order valence-corrected chi connectivity index (χ4v) is 0.450. The third-order valence-electron chi connectivity index (χ3n) is 0.810. The van der Waals surface area contributed by atoms with Crippen LogP contribution < -0.4 is 10.6 Å². The molecule has 0 fully saturated rings. The third kappa shape index (κ3) is 1.17. The Morgan fingerprint density at radius 1 is 1.71 bits per heavy atom. The van der Waals surface area contributed by atoms with Crippen LogP contribution >= 0.6 is 0 Å². The van der Waals surface area contributed by atoms with Gasteiger partial charge in [0.2, 0.25) is 0 Å². The van der Waals surface area contributed by atoms with Crippen LogP contribution in [0.25, 0.3) is 0 Å². The van der Waals surface area contributed by atoms with Gasteiger partial charge in [0, 0.05) is 0 Å². The topological polar surface area (TPSA) is 44.3 Å². The van der Waals surface area contributed by atoms with E-state index in [9.17, 15) is 0 Å². The van der Waals surface area contributed by atoms with Crippen LogP contribution in [-0.4, -0.2) is 18.0 Å². The SMILES string of the molecule is OC1C=CNCN1. The molecule has 40 valence electrons. The maximum absolute atomic E-state index is 8.67. The summed E-state index contributed by atoms with van der Waals surface area (Å²) in [5, 5.41) is 14.3. The lowest BCUT2D eigenvalue weighted by Gasteiger charge is -2.12. The van der Waals surface area contributed by atoms with Crippen molar-refractivity contribution < 1.29 is 5.11 Å². The first kappa shape index (κ1) is 4.61. The van der Waals surface area contributed by atoms with Gasteiger partial charge in [-0.1, -0.05) is 0 Å². The molecule has 1 aliphatic rings. The van der Waals surface area contributed by atoms with E-state index in [1.54, 1.807) is 12.3 Å². The average molecular weight is 100 g/mol. The number of hydrogen-bond donors (Lipinski definition) is 3. The van der Waals surface area contributed by atoms with Crippen molar-refractivity contribution in [3.05, 3.63) is 12.3 Å². The Morgan fingerprint density at radius 2 is 2.57 bits per heavy atom. The van der Waals surface area contributed by atoms with E-state index in [1.807, 2.05) is 0 Å². The number of hydrogen-bond acceptors (Lipinski definition) is 3. The minimum absolute atomic E-state index is 0.457. The Kier molecular flexibility index (Phi) is 1.29. The molecule has 0 spiro atoms. The summed E-state index contributed by atoms with van der Waals surface area (Å²) in [5.74, 6) is 0. The number of rotatable bonds is 0. The van der Waals surface area contributed by atoms with E-state index in [0.29, 0.717) is 6.67 Å². The van der Waals surface area contributed by atoms with Crippen LogP contribution in [0.4, 0.5) is 0 Å². The summed E-state index contributed by atoms with van der Waals surface area (Å²) in [7, 11) is 0. The van der Waals surface area contributed by atoms with Gasteiger partial charge >= 0.3 is 0 Å². The second-order valence-electron chi connectivity index (χ2n) is 1.39. The van der Waals surface area contributed by atoms with Gasteiger partial charge in [-0.25, -0.2) is 0 Å². The minimum Gasteiger partial charge on any atom is -0.378 e. The van der Waals surface area contributed by atoms with Gasteiger partial charge in [0.25, 0.3) is 0 Å². The number of nitrogens with one attached hydrogen (secondary N) is 2. The summed E-state index contributed by atoms with van der Waals surface area (Å²) >= 11 is 0. The van der Waals surface area contributed by atoms with E-state index in [2.05, 4.69) is 10.6 Å². The van der Waals surface area contributed by atoms with Crippen molar-refractivity contribution >= 4 is 0 Å². The second-order valence-corrected chi connectivity index (χ2v) is 1.39. The molecule has 1 atom stereocenters. The molecule has 0 amide bonds. The van der Waals surface area contributed by atoms with Crippen LogP contribution in [0.5, 0.6) is 0 Å². The lowest BCUT2D eigenvalue weighted by Crippen LogP contribution is -2.37. The van der Waals surface area contributed by atoms with Gasteiger partial charge in [0.1, 0.15) is 6.23 Å². The molecule has 0 saturated heterocycles. The van der Waals surface area contributed by atoms with Gasteiger partial charge in [0.05, 0.1) is 6.67 Å². The third-order valence-corrected chi connectivity index (χ3v) is 0.810. The normalized spacial score (nSPS) is 29.6. The monoisotopic (exact) mass is 100 g/mol. The van der Waals surface area contributed by atoms with Crippen LogP contribution in [0, 0.1) is 0 Å². The Hall–Kier alpha value is -0.540. The molecule has 1 aliphatic heterocycles. The molecule has 0 bridgehead atoms. The second kappa shape index (κ2) is 1.95. The largest absolute Gasteiger partial charge is 0.378 e. The van der Waals surface area contributed by atoms with Crippen molar-refractivity contribution in [1.29, 1.82) is 0 Å².